The maximum absolute atomic E-state index is 10.1. The number of aliphatic hydroxyl groups is 1. The number of aliphatic hydroxyl groups excluding tert-OH is 1. The Bertz CT molecular complexity index is 468. The van der Waals surface area contributed by atoms with Gasteiger partial charge in [0.15, 0.2) is 0 Å². The zero-order valence-corrected chi connectivity index (χ0v) is 11.2. The van der Waals surface area contributed by atoms with Gasteiger partial charge in [0, 0.05) is 6.07 Å². The highest BCUT2D eigenvalue weighted by Crippen LogP contribution is 2.26. The van der Waals surface area contributed by atoms with E-state index in [0.29, 0.717) is 11.3 Å². The van der Waals surface area contributed by atoms with Crippen LogP contribution in [0.15, 0.2) is 18.2 Å². The molecule has 0 aromatic heterocycles. The number of methoxy groups -OCH3 is 1. The lowest BCUT2D eigenvalue weighted by Gasteiger charge is -2.23. The van der Waals surface area contributed by atoms with E-state index in [1.54, 1.807) is 19.2 Å². The Balaban J connectivity index is 2.18. The first-order chi connectivity index (χ1) is 9.24. The van der Waals surface area contributed by atoms with E-state index in [1.807, 2.05) is 6.07 Å². The van der Waals surface area contributed by atoms with Crippen LogP contribution in [0.1, 0.15) is 37.7 Å². The maximum Gasteiger partial charge on any atom is 0.121 e. The summed E-state index contributed by atoms with van der Waals surface area (Å²) in [5, 5.41) is 22.6. The van der Waals surface area contributed by atoms with E-state index >= 15 is 0 Å². The molecule has 0 radical (unpaired) electrons. The van der Waals surface area contributed by atoms with Crippen LogP contribution in [0, 0.1) is 11.3 Å². The molecule has 2 rings (SSSR count). The largest absolute Gasteiger partial charge is 0.497 e. The Labute approximate surface area is 114 Å². The zero-order chi connectivity index (χ0) is 13.7. The summed E-state index contributed by atoms with van der Waals surface area (Å²) in [6.45, 7) is 0. The van der Waals surface area contributed by atoms with Gasteiger partial charge < -0.3 is 15.2 Å². The minimum absolute atomic E-state index is 0.0155. The van der Waals surface area contributed by atoms with Crippen LogP contribution >= 0.6 is 0 Å². The van der Waals surface area contributed by atoms with Gasteiger partial charge in [-0.3, -0.25) is 0 Å². The molecule has 4 nitrogen and oxygen atoms in total. The van der Waals surface area contributed by atoms with Gasteiger partial charge in [-0.1, -0.05) is 19.3 Å². The SMILES string of the molecule is COc1ccc(C#N)c(NC2CCCCCC2O)c1. The predicted molar refractivity (Wildman–Crippen MR) is 74.2 cm³/mol. The zero-order valence-electron chi connectivity index (χ0n) is 11.2. The molecule has 2 unspecified atom stereocenters. The first-order valence-electron chi connectivity index (χ1n) is 6.77. The van der Waals surface area contributed by atoms with Crippen LogP contribution in [-0.2, 0) is 0 Å². The molecule has 102 valence electrons. The number of benzene rings is 1. The minimum atomic E-state index is -0.347. The molecule has 4 heteroatoms. The highest BCUT2D eigenvalue weighted by molar-refractivity contribution is 5.61. The Morgan fingerprint density at radius 1 is 1.32 bits per heavy atom. The predicted octanol–water partition coefficient (Wildman–Crippen LogP) is 2.67. The third-order valence-electron chi connectivity index (χ3n) is 3.67. The second-order valence-electron chi connectivity index (χ2n) is 4.98. The van der Waals surface area contributed by atoms with Gasteiger partial charge >= 0.3 is 0 Å². The average Bonchev–Trinajstić information content (AvgIpc) is 2.64. The number of nitriles is 1. The van der Waals surface area contributed by atoms with Gasteiger partial charge in [-0.05, 0) is 25.0 Å². The van der Waals surface area contributed by atoms with Crippen molar-refractivity contribution in [2.24, 2.45) is 0 Å². The lowest BCUT2D eigenvalue weighted by molar-refractivity contribution is 0.144. The molecule has 1 aliphatic carbocycles. The third kappa shape index (κ3) is 3.39. The van der Waals surface area contributed by atoms with Crippen molar-refractivity contribution >= 4 is 5.69 Å². The summed E-state index contributed by atoms with van der Waals surface area (Å²) < 4.78 is 5.18. The van der Waals surface area contributed by atoms with Crippen LogP contribution < -0.4 is 10.1 Å². The number of nitrogens with one attached hydrogen (secondary N) is 1. The molecule has 0 bridgehead atoms. The normalized spacial score (nSPS) is 23.2. The fourth-order valence-corrected chi connectivity index (χ4v) is 2.52. The van der Waals surface area contributed by atoms with Crippen molar-refractivity contribution in [2.45, 2.75) is 44.2 Å². The summed E-state index contributed by atoms with van der Waals surface area (Å²) in [5.41, 5.74) is 1.32. The van der Waals surface area contributed by atoms with E-state index in [0.717, 1.165) is 31.4 Å². The van der Waals surface area contributed by atoms with E-state index in [-0.39, 0.29) is 12.1 Å². The highest BCUT2D eigenvalue weighted by atomic mass is 16.5. The standard InChI is InChI=1S/C15H20N2O2/c1-19-12-8-7-11(10-16)14(9-12)17-13-5-3-2-4-6-15(13)18/h7-9,13,15,17-18H,2-6H2,1H3. The van der Waals surface area contributed by atoms with Crippen molar-refractivity contribution in [3.8, 4) is 11.8 Å². The smallest absolute Gasteiger partial charge is 0.121 e. The molecule has 0 aliphatic heterocycles. The maximum atomic E-state index is 10.1. The molecule has 0 spiro atoms. The van der Waals surface area contributed by atoms with Crippen LogP contribution in [0.2, 0.25) is 0 Å². The van der Waals surface area contributed by atoms with Crippen molar-refractivity contribution in [1.82, 2.24) is 0 Å². The van der Waals surface area contributed by atoms with Gasteiger partial charge in [-0.2, -0.15) is 5.26 Å². The molecule has 2 N–H and O–H groups in total. The topological polar surface area (TPSA) is 65.3 Å². The van der Waals surface area contributed by atoms with E-state index in [1.165, 1.54) is 6.42 Å². The fraction of sp³-hybridized carbons (Fsp3) is 0.533. The van der Waals surface area contributed by atoms with Crippen LogP contribution in [0.4, 0.5) is 5.69 Å². The minimum Gasteiger partial charge on any atom is -0.497 e. The van der Waals surface area contributed by atoms with Gasteiger partial charge in [-0.25, -0.2) is 0 Å². The van der Waals surface area contributed by atoms with Gasteiger partial charge in [0.1, 0.15) is 11.8 Å². The van der Waals surface area contributed by atoms with Gasteiger partial charge in [0.25, 0.3) is 0 Å². The molecule has 1 saturated carbocycles. The molecule has 1 aliphatic rings. The third-order valence-corrected chi connectivity index (χ3v) is 3.67. The van der Waals surface area contributed by atoms with Crippen LogP contribution in [0.5, 0.6) is 5.75 Å². The number of anilines is 1. The Kier molecular flexibility index (Phi) is 4.64. The summed E-state index contributed by atoms with van der Waals surface area (Å²) in [5.74, 6) is 0.713. The summed E-state index contributed by atoms with van der Waals surface area (Å²) in [4.78, 5) is 0. The lowest BCUT2D eigenvalue weighted by atomic mass is 10.0. The van der Waals surface area contributed by atoms with Crippen molar-refractivity contribution in [2.75, 3.05) is 12.4 Å². The van der Waals surface area contributed by atoms with Crippen LogP contribution in [0.25, 0.3) is 0 Å². The highest BCUT2D eigenvalue weighted by Gasteiger charge is 2.22. The van der Waals surface area contributed by atoms with Crippen molar-refractivity contribution in [3.63, 3.8) is 0 Å². The number of hydrogen-bond donors (Lipinski definition) is 2. The summed E-state index contributed by atoms with van der Waals surface area (Å²) in [6.07, 6.45) is 4.76. The fourth-order valence-electron chi connectivity index (χ4n) is 2.52. The monoisotopic (exact) mass is 260 g/mol. The molecule has 1 aromatic rings. The van der Waals surface area contributed by atoms with E-state index in [2.05, 4.69) is 11.4 Å². The molecule has 0 amide bonds. The molecule has 19 heavy (non-hydrogen) atoms. The van der Waals surface area contributed by atoms with Crippen molar-refractivity contribution in [1.29, 1.82) is 5.26 Å². The van der Waals surface area contributed by atoms with E-state index in [9.17, 15) is 5.11 Å². The van der Waals surface area contributed by atoms with Crippen LogP contribution in [-0.4, -0.2) is 24.4 Å². The first kappa shape index (κ1) is 13.7. The molecule has 1 aromatic carbocycles. The molecular weight excluding hydrogens is 240 g/mol. The van der Waals surface area contributed by atoms with Crippen molar-refractivity contribution in [3.05, 3.63) is 23.8 Å². The summed E-state index contributed by atoms with van der Waals surface area (Å²) in [6, 6.07) is 7.51. The first-order valence-corrected chi connectivity index (χ1v) is 6.77. The molecule has 0 heterocycles. The van der Waals surface area contributed by atoms with Crippen molar-refractivity contribution < 1.29 is 9.84 Å². The summed E-state index contributed by atoms with van der Waals surface area (Å²) >= 11 is 0. The Morgan fingerprint density at radius 3 is 2.84 bits per heavy atom. The average molecular weight is 260 g/mol. The second kappa shape index (κ2) is 6.44. The van der Waals surface area contributed by atoms with E-state index < -0.39 is 0 Å². The molecule has 1 fully saturated rings. The summed E-state index contributed by atoms with van der Waals surface area (Å²) in [7, 11) is 1.60. The quantitative estimate of drug-likeness (QED) is 0.820. The number of rotatable bonds is 3. The Morgan fingerprint density at radius 2 is 2.11 bits per heavy atom. The lowest BCUT2D eigenvalue weighted by Crippen LogP contribution is -2.32. The molecular formula is C15H20N2O2. The van der Waals surface area contributed by atoms with Gasteiger partial charge in [0.2, 0.25) is 0 Å². The van der Waals surface area contributed by atoms with Gasteiger partial charge in [-0.15, -0.1) is 0 Å². The van der Waals surface area contributed by atoms with E-state index in [4.69, 9.17) is 10.00 Å². The van der Waals surface area contributed by atoms with Crippen LogP contribution in [0.3, 0.4) is 0 Å². The van der Waals surface area contributed by atoms with Gasteiger partial charge in [0.05, 0.1) is 30.5 Å². The number of ether oxygens (including phenoxy) is 1. The Hall–Kier alpha value is -1.73. The molecule has 2 atom stereocenters. The second-order valence-corrected chi connectivity index (χ2v) is 4.98. The molecule has 0 saturated heterocycles. The number of hydrogen-bond acceptors (Lipinski definition) is 4. The number of nitrogens with zero attached hydrogens (tertiary/aromatic N) is 1.